The zero-order valence-electron chi connectivity index (χ0n) is 11.6. The van der Waals surface area contributed by atoms with Gasteiger partial charge in [0.2, 0.25) is 0 Å². The second kappa shape index (κ2) is 5.82. The molecule has 0 radical (unpaired) electrons. The lowest BCUT2D eigenvalue weighted by atomic mass is 10.1. The molecule has 1 amide bonds. The summed E-state index contributed by atoms with van der Waals surface area (Å²) in [5, 5.41) is 0. The van der Waals surface area contributed by atoms with Gasteiger partial charge in [0.05, 0.1) is 6.54 Å². The van der Waals surface area contributed by atoms with Crippen molar-refractivity contribution >= 4 is 11.6 Å². The summed E-state index contributed by atoms with van der Waals surface area (Å²) in [4.78, 5) is 17.7. The van der Waals surface area contributed by atoms with Gasteiger partial charge in [-0.15, -0.1) is 0 Å². The molecule has 0 aliphatic carbocycles. The lowest BCUT2D eigenvalue weighted by Gasteiger charge is -2.27. The summed E-state index contributed by atoms with van der Waals surface area (Å²) in [5.41, 5.74) is -0.334. The van der Waals surface area contributed by atoms with E-state index in [1.807, 2.05) is 30.3 Å². The number of pyridine rings is 1. The van der Waals surface area contributed by atoms with Crippen molar-refractivity contribution in [1.29, 1.82) is 0 Å². The van der Waals surface area contributed by atoms with Crippen LogP contribution in [0.15, 0.2) is 54.9 Å². The van der Waals surface area contributed by atoms with Crippen molar-refractivity contribution in [3.8, 4) is 0 Å². The number of rotatable bonds is 4. The van der Waals surface area contributed by atoms with Crippen LogP contribution >= 0.6 is 0 Å². The average Bonchev–Trinajstić information content (AvgIpc) is 2.45. The normalized spacial score (nSPS) is 11.2. The Morgan fingerprint density at radius 3 is 2.30 bits per heavy atom. The maximum atomic E-state index is 14.0. The third-order valence-corrected chi connectivity index (χ3v) is 2.91. The standard InChI is InChI=1S/C16H17FN2O/c1-16(2,17)15(20)19(14-8-10-18-11-9-14)12-13-6-4-3-5-7-13/h3-11H,12H2,1-2H3. The van der Waals surface area contributed by atoms with Crippen LogP contribution in [0, 0.1) is 0 Å². The molecule has 0 fully saturated rings. The maximum Gasteiger partial charge on any atom is 0.264 e. The van der Waals surface area contributed by atoms with Gasteiger partial charge in [-0.2, -0.15) is 0 Å². The lowest BCUT2D eigenvalue weighted by molar-refractivity contribution is -0.128. The van der Waals surface area contributed by atoms with Crippen LogP contribution in [-0.2, 0) is 11.3 Å². The smallest absolute Gasteiger partial charge is 0.264 e. The first kappa shape index (κ1) is 14.2. The SMILES string of the molecule is CC(C)(F)C(=O)N(Cc1ccccc1)c1ccncc1. The number of amides is 1. The third-order valence-electron chi connectivity index (χ3n) is 2.91. The molecule has 0 saturated carbocycles. The molecule has 1 heterocycles. The topological polar surface area (TPSA) is 33.2 Å². The highest BCUT2D eigenvalue weighted by molar-refractivity contribution is 5.98. The summed E-state index contributed by atoms with van der Waals surface area (Å²) >= 11 is 0. The Balaban J connectivity index is 2.33. The van der Waals surface area contributed by atoms with Gasteiger partial charge in [-0.1, -0.05) is 30.3 Å². The van der Waals surface area contributed by atoms with Gasteiger partial charge in [0.15, 0.2) is 5.67 Å². The van der Waals surface area contributed by atoms with E-state index < -0.39 is 11.6 Å². The van der Waals surface area contributed by atoms with Crippen LogP contribution in [-0.4, -0.2) is 16.6 Å². The van der Waals surface area contributed by atoms with Crippen LogP contribution in [0.5, 0.6) is 0 Å². The van der Waals surface area contributed by atoms with Crippen molar-refractivity contribution in [3.05, 3.63) is 60.4 Å². The van der Waals surface area contributed by atoms with E-state index in [2.05, 4.69) is 4.98 Å². The summed E-state index contributed by atoms with van der Waals surface area (Å²) in [5.74, 6) is -0.562. The minimum absolute atomic E-state index is 0.330. The number of anilines is 1. The Bertz CT molecular complexity index is 564. The first-order valence-corrected chi connectivity index (χ1v) is 6.43. The summed E-state index contributed by atoms with van der Waals surface area (Å²) in [6, 6.07) is 12.9. The molecular formula is C16H17FN2O. The van der Waals surface area contributed by atoms with Crippen LogP contribution in [0.25, 0.3) is 0 Å². The Labute approximate surface area is 118 Å². The van der Waals surface area contributed by atoms with Gasteiger partial charge in [0, 0.05) is 18.1 Å². The van der Waals surface area contributed by atoms with Gasteiger partial charge in [-0.05, 0) is 31.5 Å². The van der Waals surface area contributed by atoms with Crippen LogP contribution in [0.2, 0.25) is 0 Å². The van der Waals surface area contributed by atoms with Crippen LogP contribution in [0.1, 0.15) is 19.4 Å². The molecule has 0 spiro atoms. The molecule has 104 valence electrons. The molecule has 0 aliphatic rings. The van der Waals surface area contributed by atoms with Crippen LogP contribution in [0.4, 0.5) is 10.1 Å². The molecule has 0 N–H and O–H groups in total. The van der Waals surface area contributed by atoms with Crippen molar-refractivity contribution in [2.24, 2.45) is 0 Å². The van der Waals surface area contributed by atoms with Gasteiger partial charge < -0.3 is 4.90 Å². The second-order valence-corrected chi connectivity index (χ2v) is 5.05. The minimum atomic E-state index is -1.92. The molecule has 3 nitrogen and oxygen atoms in total. The second-order valence-electron chi connectivity index (χ2n) is 5.05. The Morgan fingerprint density at radius 1 is 1.15 bits per heavy atom. The van der Waals surface area contributed by atoms with E-state index >= 15 is 0 Å². The van der Waals surface area contributed by atoms with Gasteiger partial charge in [-0.3, -0.25) is 9.78 Å². The van der Waals surface area contributed by atoms with Gasteiger partial charge in [-0.25, -0.2) is 4.39 Å². The van der Waals surface area contributed by atoms with E-state index in [4.69, 9.17) is 0 Å². The van der Waals surface area contributed by atoms with E-state index in [-0.39, 0.29) is 0 Å². The zero-order chi connectivity index (χ0) is 14.6. The average molecular weight is 272 g/mol. The Kier molecular flexibility index (Phi) is 4.13. The number of halogens is 1. The number of alkyl halides is 1. The highest BCUT2D eigenvalue weighted by Gasteiger charge is 2.32. The largest absolute Gasteiger partial charge is 0.305 e. The van der Waals surface area contributed by atoms with E-state index in [0.717, 1.165) is 5.56 Å². The molecule has 1 aromatic heterocycles. The summed E-state index contributed by atoms with van der Waals surface area (Å²) in [6.07, 6.45) is 3.18. The molecule has 2 rings (SSSR count). The minimum Gasteiger partial charge on any atom is -0.305 e. The highest BCUT2D eigenvalue weighted by atomic mass is 19.1. The predicted octanol–water partition coefficient (Wildman–Crippen LogP) is 3.36. The van der Waals surface area contributed by atoms with Crippen molar-refractivity contribution in [2.75, 3.05) is 4.90 Å². The molecule has 0 unspecified atom stereocenters. The fraction of sp³-hybridized carbons (Fsp3) is 0.250. The zero-order valence-corrected chi connectivity index (χ0v) is 11.6. The molecule has 0 bridgehead atoms. The van der Waals surface area contributed by atoms with Crippen molar-refractivity contribution < 1.29 is 9.18 Å². The van der Waals surface area contributed by atoms with E-state index in [9.17, 15) is 9.18 Å². The maximum absolute atomic E-state index is 14.0. The van der Waals surface area contributed by atoms with Crippen molar-refractivity contribution in [3.63, 3.8) is 0 Å². The van der Waals surface area contributed by atoms with Crippen LogP contribution in [0.3, 0.4) is 0 Å². The number of carbonyl (C=O) groups is 1. The number of carbonyl (C=O) groups excluding carboxylic acids is 1. The van der Waals surface area contributed by atoms with Crippen LogP contribution < -0.4 is 4.90 Å². The summed E-state index contributed by atoms with van der Waals surface area (Å²) in [6.45, 7) is 2.88. The number of nitrogens with zero attached hydrogens (tertiary/aromatic N) is 2. The number of hydrogen-bond acceptors (Lipinski definition) is 2. The Morgan fingerprint density at radius 2 is 1.75 bits per heavy atom. The van der Waals surface area contributed by atoms with Gasteiger partial charge in [0.1, 0.15) is 0 Å². The molecule has 0 atom stereocenters. The number of benzene rings is 1. The molecule has 20 heavy (non-hydrogen) atoms. The first-order valence-electron chi connectivity index (χ1n) is 6.43. The lowest BCUT2D eigenvalue weighted by Crippen LogP contribution is -2.42. The van der Waals surface area contributed by atoms with E-state index in [0.29, 0.717) is 12.2 Å². The highest BCUT2D eigenvalue weighted by Crippen LogP contribution is 2.22. The van der Waals surface area contributed by atoms with E-state index in [1.165, 1.54) is 18.7 Å². The monoisotopic (exact) mass is 272 g/mol. The van der Waals surface area contributed by atoms with Gasteiger partial charge >= 0.3 is 0 Å². The Hall–Kier alpha value is -2.23. The molecule has 1 aromatic carbocycles. The summed E-state index contributed by atoms with van der Waals surface area (Å²) < 4.78 is 14.0. The van der Waals surface area contributed by atoms with Crippen molar-refractivity contribution in [1.82, 2.24) is 4.98 Å². The fourth-order valence-electron chi connectivity index (χ4n) is 1.89. The first-order chi connectivity index (χ1) is 9.48. The van der Waals surface area contributed by atoms with Gasteiger partial charge in [0.25, 0.3) is 5.91 Å². The third kappa shape index (κ3) is 3.41. The quantitative estimate of drug-likeness (QED) is 0.855. The molecule has 0 aliphatic heterocycles. The summed E-state index contributed by atoms with van der Waals surface area (Å²) in [7, 11) is 0. The molecule has 4 heteroatoms. The number of hydrogen-bond donors (Lipinski definition) is 0. The number of aromatic nitrogens is 1. The predicted molar refractivity (Wildman–Crippen MR) is 77.1 cm³/mol. The molecule has 0 saturated heterocycles. The fourth-order valence-corrected chi connectivity index (χ4v) is 1.89. The molecular weight excluding hydrogens is 255 g/mol. The van der Waals surface area contributed by atoms with E-state index in [1.54, 1.807) is 24.5 Å². The molecule has 2 aromatic rings. The van der Waals surface area contributed by atoms with Crippen molar-refractivity contribution in [2.45, 2.75) is 26.1 Å².